The van der Waals surface area contributed by atoms with Crippen LogP contribution in [-0.2, 0) is 11.3 Å². The van der Waals surface area contributed by atoms with Crippen molar-refractivity contribution in [2.24, 2.45) is 5.92 Å². The van der Waals surface area contributed by atoms with E-state index in [1.54, 1.807) is 11.8 Å². The fourth-order valence-electron chi connectivity index (χ4n) is 3.82. The largest absolute Gasteiger partial charge is 0.338 e. The molecule has 1 aromatic heterocycles. The van der Waals surface area contributed by atoms with Gasteiger partial charge in [0.15, 0.2) is 0 Å². The van der Waals surface area contributed by atoms with Crippen LogP contribution in [0.25, 0.3) is 10.9 Å². The fourth-order valence-corrected chi connectivity index (χ4v) is 4.26. The number of nitrogens with one attached hydrogen (secondary N) is 1. The van der Waals surface area contributed by atoms with Crippen molar-refractivity contribution >= 4 is 28.6 Å². The number of rotatable bonds is 5. The van der Waals surface area contributed by atoms with Crippen LogP contribution in [0.1, 0.15) is 32.8 Å². The van der Waals surface area contributed by atoms with E-state index in [1.807, 2.05) is 30.3 Å². The van der Waals surface area contributed by atoms with Gasteiger partial charge in [-0.1, -0.05) is 6.07 Å². The minimum atomic E-state index is -0.129. The molecule has 6 heteroatoms. The molecule has 0 bridgehead atoms. The molecule has 1 amide bonds. The topological polar surface area (TPSA) is 56.4 Å². The highest BCUT2D eigenvalue weighted by molar-refractivity contribution is 7.98. The van der Waals surface area contributed by atoms with Crippen LogP contribution in [0, 0.1) is 5.92 Å². The first kappa shape index (κ1) is 20.0. The molecule has 5 nitrogen and oxygen atoms in total. The van der Waals surface area contributed by atoms with Crippen LogP contribution >= 0.6 is 11.8 Å². The number of nitrogens with zero attached hydrogens (tertiary/aromatic N) is 2. The van der Waals surface area contributed by atoms with Crippen molar-refractivity contribution in [1.29, 1.82) is 0 Å². The number of aromatic amines is 1. The Balaban J connectivity index is 1.69. The zero-order chi connectivity index (χ0) is 19.8. The molecule has 27 heavy (non-hydrogen) atoms. The highest BCUT2D eigenvalue weighted by atomic mass is 32.2. The van der Waals surface area contributed by atoms with E-state index in [2.05, 4.69) is 42.8 Å². The highest BCUT2D eigenvalue weighted by Gasteiger charge is 2.36. The van der Waals surface area contributed by atoms with Gasteiger partial charge in [-0.3, -0.25) is 9.59 Å². The molecular weight excluding hydrogens is 358 g/mol. The zero-order valence-electron chi connectivity index (χ0n) is 16.8. The van der Waals surface area contributed by atoms with Crippen LogP contribution in [-0.4, -0.2) is 52.6 Å². The molecule has 0 saturated carbocycles. The van der Waals surface area contributed by atoms with Crippen molar-refractivity contribution in [2.45, 2.75) is 44.2 Å². The molecule has 1 atom stereocenters. The number of thioether (sulfide) groups is 1. The van der Waals surface area contributed by atoms with Gasteiger partial charge in [0.1, 0.15) is 0 Å². The molecule has 1 aliphatic rings. The molecule has 0 radical (unpaired) electrons. The lowest BCUT2D eigenvalue weighted by Crippen LogP contribution is -2.42. The lowest BCUT2D eigenvalue weighted by molar-refractivity contribution is -0.131. The molecule has 2 heterocycles. The first-order chi connectivity index (χ1) is 12.7. The van der Waals surface area contributed by atoms with Gasteiger partial charge in [0.2, 0.25) is 5.91 Å². The van der Waals surface area contributed by atoms with Crippen molar-refractivity contribution in [3.8, 4) is 0 Å². The van der Waals surface area contributed by atoms with Gasteiger partial charge in [-0.2, -0.15) is 0 Å². The summed E-state index contributed by atoms with van der Waals surface area (Å²) in [6.07, 6.45) is 2.62. The minimum Gasteiger partial charge on any atom is -0.338 e. The van der Waals surface area contributed by atoms with Crippen LogP contribution < -0.4 is 5.56 Å². The first-order valence-electron chi connectivity index (χ1n) is 9.36. The van der Waals surface area contributed by atoms with Crippen molar-refractivity contribution in [3.05, 3.63) is 40.2 Å². The summed E-state index contributed by atoms with van der Waals surface area (Å²) in [5, 5.41) is 1.05. The summed E-state index contributed by atoms with van der Waals surface area (Å²) in [4.78, 5) is 33.0. The molecule has 0 spiro atoms. The van der Waals surface area contributed by atoms with Gasteiger partial charge in [0.05, 0.1) is 0 Å². The van der Waals surface area contributed by atoms with Gasteiger partial charge >= 0.3 is 0 Å². The Morgan fingerprint density at radius 2 is 2.00 bits per heavy atom. The number of carbonyl (C=O) groups excluding carboxylic acids is 1. The van der Waals surface area contributed by atoms with Gasteiger partial charge in [-0.05, 0) is 63.6 Å². The Morgan fingerprint density at radius 3 is 2.63 bits per heavy atom. The van der Waals surface area contributed by atoms with Gasteiger partial charge < -0.3 is 14.8 Å². The lowest BCUT2D eigenvalue weighted by atomic mass is 10.1. The summed E-state index contributed by atoms with van der Waals surface area (Å²) >= 11 is 1.66. The van der Waals surface area contributed by atoms with Crippen molar-refractivity contribution in [2.75, 3.05) is 26.4 Å². The van der Waals surface area contributed by atoms with E-state index < -0.39 is 0 Å². The molecule has 146 valence electrons. The second-order valence-corrected chi connectivity index (χ2v) is 9.40. The first-order valence-corrected chi connectivity index (χ1v) is 10.6. The molecule has 1 aromatic carbocycles. The summed E-state index contributed by atoms with van der Waals surface area (Å²) in [6.45, 7) is 8.41. The second-order valence-electron chi connectivity index (χ2n) is 8.52. The maximum Gasteiger partial charge on any atom is 0.252 e. The third kappa shape index (κ3) is 4.55. The zero-order valence-corrected chi connectivity index (χ0v) is 17.7. The minimum absolute atomic E-state index is 0.0357. The number of carbonyl (C=O) groups is 1. The number of hydrogen-bond donors (Lipinski definition) is 1. The normalized spacial score (nSPS) is 18.1. The summed E-state index contributed by atoms with van der Waals surface area (Å²) in [5.41, 5.74) is 1.47. The summed E-state index contributed by atoms with van der Waals surface area (Å²) in [5.74, 6) is 0.541. The number of aromatic nitrogens is 1. The van der Waals surface area contributed by atoms with Crippen LogP contribution in [0.3, 0.4) is 0 Å². The molecule has 0 aliphatic carbocycles. The SMILES string of the molecule is CSc1ccc2cc(CN(C)CC3CC(=O)N(C(C)(C)C)C3)c(=O)[nH]c2c1. The Kier molecular flexibility index (Phi) is 5.68. The monoisotopic (exact) mass is 387 g/mol. The molecule has 2 aromatic rings. The Bertz CT molecular complexity index is 900. The molecule has 1 N–H and O–H groups in total. The van der Waals surface area contributed by atoms with Crippen LogP contribution in [0.2, 0.25) is 0 Å². The van der Waals surface area contributed by atoms with E-state index in [0.29, 0.717) is 18.9 Å². The fraction of sp³-hybridized carbons (Fsp3) is 0.524. The number of hydrogen-bond acceptors (Lipinski definition) is 4. The highest BCUT2D eigenvalue weighted by Crippen LogP contribution is 2.26. The van der Waals surface area contributed by atoms with Crippen LogP contribution in [0.15, 0.2) is 34.0 Å². The predicted molar refractivity (Wildman–Crippen MR) is 112 cm³/mol. The second kappa shape index (κ2) is 7.68. The summed E-state index contributed by atoms with van der Waals surface area (Å²) in [7, 11) is 2.02. The van der Waals surface area contributed by atoms with Gasteiger partial charge in [0.25, 0.3) is 5.56 Å². The van der Waals surface area contributed by atoms with Gasteiger partial charge in [0, 0.05) is 47.6 Å². The number of H-pyrrole nitrogens is 1. The number of fused-ring (bicyclic) bond motifs is 1. The molecule has 1 aliphatic heterocycles. The standard InChI is InChI=1S/C21H29N3O2S/c1-21(2,3)24-12-14(8-19(24)25)11-23(4)13-16-9-15-6-7-17(27-5)10-18(15)22-20(16)26/h6-7,9-10,14H,8,11-13H2,1-5H3,(H,22,26). The molecular formula is C21H29N3O2S. The predicted octanol–water partition coefficient (Wildman–Crippen LogP) is 3.33. The Morgan fingerprint density at radius 1 is 1.26 bits per heavy atom. The van der Waals surface area contributed by atoms with E-state index in [0.717, 1.165) is 34.5 Å². The molecule has 3 rings (SSSR count). The summed E-state index contributed by atoms with van der Waals surface area (Å²) < 4.78 is 0. The van der Waals surface area contributed by atoms with Crippen molar-refractivity contribution < 1.29 is 4.79 Å². The quantitative estimate of drug-likeness (QED) is 0.800. The van der Waals surface area contributed by atoms with Gasteiger partial charge in [-0.15, -0.1) is 11.8 Å². The number of amides is 1. The van der Waals surface area contributed by atoms with E-state index in [1.165, 1.54) is 0 Å². The van der Waals surface area contributed by atoms with E-state index in [4.69, 9.17) is 0 Å². The van der Waals surface area contributed by atoms with Crippen molar-refractivity contribution in [1.82, 2.24) is 14.8 Å². The Labute approximate surface area is 165 Å². The smallest absolute Gasteiger partial charge is 0.252 e. The molecule has 1 fully saturated rings. The maximum atomic E-state index is 12.5. The third-order valence-corrected chi connectivity index (χ3v) is 5.88. The Hall–Kier alpha value is -1.79. The van der Waals surface area contributed by atoms with Crippen molar-refractivity contribution in [3.63, 3.8) is 0 Å². The molecule has 1 saturated heterocycles. The van der Waals surface area contributed by atoms with E-state index in [9.17, 15) is 9.59 Å². The lowest BCUT2D eigenvalue weighted by Gasteiger charge is -2.32. The van der Waals surface area contributed by atoms with Gasteiger partial charge in [-0.25, -0.2) is 0 Å². The van der Waals surface area contributed by atoms with E-state index >= 15 is 0 Å². The van der Waals surface area contributed by atoms with Crippen LogP contribution in [0.4, 0.5) is 0 Å². The number of benzene rings is 1. The number of pyridine rings is 1. The maximum absolute atomic E-state index is 12.5. The molecule has 1 unspecified atom stereocenters. The average molecular weight is 388 g/mol. The van der Waals surface area contributed by atoms with Crippen LogP contribution in [0.5, 0.6) is 0 Å². The third-order valence-electron chi connectivity index (χ3n) is 5.16. The average Bonchev–Trinajstić information content (AvgIpc) is 2.95. The van der Waals surface area contributed by atoms with E-state index in [-0.39, 0.29) is 17.0 Å². The summed E-state index contributed by atoms with van der Waals surface area (Å²) in [6, 6.07) is 8.12. The number of likely N-dealkylation sites (tertiary alicyclic amines) is 1.